The minimum absolute atomic E-state index is 0.143. The molecule has 0 N–H and O–H groups in total. The Hall–Kier alpha value is -0.360. The second-order valence-corrected chi connectivity index (χ2v) is 4.96. The molecule has 0 amide bonds. The van der Waals surface area contributed by atoms with Crippen molar-refractivity contribution in [1.82, 2.24) is 0 Å². The summed E-state index contributed by atoms with van der Waals surface area (Å²) in [6.07, 6.45) is 0. The topological polar surface area (TPSA) is 12.5 Å². The zero-order chi connectivity index (χ0) is 10.8. The second-order valence-electron chi connectivity index (χ2n) is 3.71. The Morgan fingerprint density at radius 2 is 2.33 bits per heavy atom. The first-order chi connectivity index (χ1) is 7.18. The van der Waals surface area contributed by atoms with Crippen molar-refractivity contribution in [3.05, 3.63) is 27.6 Å². The molecule has 0 bridgehead atoms. The van der Waals surface area contributed by atoms with E-state index < -0.39 is 0 Å². The third kappa shape index (κ3) is 2.42. The van der Waals surface area contributed by atoms with E-state index in [1.807, 2.05) is 12.1 Å². The summed E-state index contributed by atoms with van der Waals surface area (Å²) in [7, 11) is 0. The number of hydrogen-bond acceptors (Lipinski definition) is 2. The van der Waals surface area contributed by atoms with Gasteiger partial charge < -0.3 is 9.64 Å². The van der Waals surface area contributed by atoms with E-state index in [1.54, 1.807) is 6.07 Å². The quantitative estimate of drug-likeness (QED) is 0.738. The Balaban J connectivity index is 2.27. The van der Waals surface area contributed by atoms with Crippen molar-refractivity contribution in [2.45, 2.75) is 13.0 Å². The summed E-state index contributed by atoms with van der Waals surface area (Å²) < 4.78 is 20.0. The molecule has 15 heavy (non-hydrogen) atoms. The molecule has 1 heterocycles. The Morgan fingerprint density at radius 1 is 1.53 bits per heavy atom. The lowest BCUT2D eigenvalue weighted by Crippen LogP contribution is -2.44. The highest BCUT2D eigenvalue weighted by Gasteiger charge is 2.21. The van der Waals surface area contributed by atoms with Crippen LogP contribution in [0.25, 0.3) is 0 Å². The fraction of sp³-hybridized carbons (Fsp3) is 0.455. The standard InChI is InChI=1S/C11H13FINO/c1-8-7-15-5-4-14(8)11-3-2-9(13)6-10(11)12/h2-3,6,8H,4-5,7H2,1H3. The third-order valence-electron chi connectivity index (χ3n) is 2.59. The maximum atomic E-state index is 13.7. The molecule has 0 aromatic heterocycles. The fourth-order valence-electron chi connectivity index (χ4n) is 1.80. The predicted molar refractivity (Wildman–Crippen MR) is 66.7 cm³/mol. The molecule has 2 nitrogen and oxygen atoms in total. The summed E-state index contributed by atoms with van der Waals surface area (Å²) in [4.78, 5) is 2.06. The maximum absolute atomic E-state index is 13.7. The van der Waals surface area contributed by atoms with Crippen molar-refractivity contribution in [3.8, 4) is 0 Å². The first-order valence-corrected chi connectivity index (χ1v) is 6.06. The van der Waals surface area contributed by atoms with Crippen LogP contribution in [-0.4, -0.2) is 25.8 Å². The van der Waals surface area contributed by atoms with E-state index in [4.69, 9.17) is 4.74 Å². The molecule has 1 aromatic carbocycles. The summed E-state index contributed by atoms with van der Waals surface area (Å²) in [5.41, 5.74) is 0.686. The summed E-state index contributed by atoms with van der Waals surface area (Å²) >= 11 is 2.12. The van der Waals surface area contributed by atoms with Crippen molar-refractivity contribution < 1.29 is 9.13 Å². The molecule has 0 spiro atoms. The Morgan fingerprint density at radius 3 is 3.00 bits per heavy atom. The van der Waals surface area contributed by atoms with Gasteiger partial charge in [0.25, 0.3) is 0 Å². The van der Waals surface area contributed by atoms with Crippen LogP contribution in [0.5, 0.6) is 0 Å². The molecule has 1 unspecified atom stereocenters. The van der Waals surface area contributed by atoms with Crippen LogP contribution >= 0.6 is 22.6 Å². The molecule has 1 aromatic rings. The van der Waals surface area contributed by atoms with Gasteiger partial charge in [0.1, 0.15) is 5.82 Å². The molecule has 2 rings (SSSR count). The largest absolute Gasteiger partial charge is 0.377 e. The van der Waals surface area contributed by atoms with Crippen LogP contribution in [0.3, 0.4) is 0 Å². The highest BCUT2D eigenvalue weighted by atomic mass is 127. The van der Waals surface area contributed by atoms with Crippen LogP contribution in [-0.2, 0) is 4.74 Å². The number of nitrogens with zero attached hydrogens (tertiary/aromatic N) is 1. The van der Waals surface area contributed by atoms with Gasteiger partial charge in [-0.15, -0.1) is 0 Å². The average Bonchev–Trinajstić information content (AvgIpc) is 2.20. The number of hydrogen-bond donors (Lipinski definition) is 0. The number of anilines is 1. The lowest BCUT2D eigenvalue weighted by Gasteiger charge is -2.35. The molecule has 1 aliphatic heterocycles. The summed E-state index contributed by atoms with van der Waals surface area (Å²) in [5.74, 6) is -0.143. The maximum Gasteiger partial charge on any atom is 0.147 e. The molecular weight excluding hydrogens is 308 g/mol. The fourth-order valence-corrected chi connectivity index (χ4v) is 2.25. The van der Waals surface area contributed by atoms with E-state index in [1.165, 1.54) is 0 Å². The van der Waals surface area contributed by atoms with Gasteiger partial charge in [0, 0.05) is 16.2 Å². The molecule has 1 atom stereocenters. The van der Waals surface area contributed by atoms with Crippen LogP contribution in [0.15, 0.2) is 18.2 Å². The van der Waals surface area contributed by atoms with Gasteiger partial charge in [0.05, 0.1) is 18.9 Å². The molecule has 82 valence electrons. The summed E-state index contributed by atoms with van der Waals surface area (Å²) in [6, 6.07) is 5.59. The Kier molecular flexibility index (Phi) is 3.45. The molecule has 1 saturated heterocycles. The van der Waals surface area contributed by atoms with Gasteiger partial charge in [0.15, 0.2) is 0 Å². The van der Waals surface area contributed by atoms with Crippen molar-refractivity contribution in [2.24, 2.45) is 0 Å². The van der Waals surface area contributed by atoms with Crippen LogP contribution in [0.2, 0.25) is 0 Å². The van der Waals surface area contributed by atoms with Gasteiger partial charge in [-0.3, -0.25) is 0 Å². The second kappa shape index (κ2) is 4.65. The molecule has 1 fully saturated rings. The van der Waals surface area contributed by atoms with E-state index in [0.29, 0.717) is 18.9 Å². The van der Waals surface area contributed by atoms with Crippen LogP contribution < -0.4 is 4.90 Å². The minimum Gasteiger partial charge on any atom is -0.377 e. The monoisotopic (exact) mass is 321 g/mol. The predicted octanol–water partition coefficient (Wildman–Crippen LogP) is 2.66. The van der Waals surface area contributed by atoms with Crippen molar-refractivity contribution >= 4 is 28.3 Å². The average molecular weight is 321 g/mol. The van der Waals surface area contributed by atoms with Gasteiger partial charge >= 0.3 is 0 Å². The van der Waals surface area contributed by atoms with Crippen molar-refractivity contribution in [1.29, 1.82) is 0 Å². The molecular formula is C11H13FINO. The van der Waals surface area contributed by atoms with Gasteiger partial charge in [-0.2, -0.15) is 0 Å². The molecule has 0 aliphatic carbocycles. The van der Waals surface area contributed by atoms with Gasteiger partial charge in [0.2, 0.25) is 0 Å². The SMILES string of the molecule is CC1COCCN1c1ccc(I)cc1F. The van der Waals surface area contributed by atoms with E-state index in [9.17, 15) is 4.39 Å². The smallest absolute Gasteiger partial charge is 0.147 e. The number of benzene rings is 1. The number of morpholine rings is 1. The summed E-state index contributed by atoms with van der Waals surface area (Å²) in [6.45, 7) is 4.16. The number of halogens is 2. The number of rotatable bonds is 1. The first kappa shape index (κ1) is 11.1. The first-order valence-electron chi connectivity index (χ1n) is 4.98. The molecule has 0 saturated carbocycles. The van der Waals surface area contributed by atoms with Crippen molar-refractivity contribution in [2.75, 3.05) is 24.7 Å². The van der Waals surface area contributed by atoms with E-state index in [0.717, 1.165) is 10.1 Å². The normalized spacial score (nSPS) is 21.8. The van der Waals surface area contributed by atoms with Crippen LogP contribution in [0.1, 0.15) is 6.92 Å². The van der Waals surface area contributed by atoms with Crippen LogP contribution in [0.4, 0.5) is 10.1 Å². The van der Waals surface area contributed by atoms with E-state index in [2.05, 4.69) is 34.4 Å². The van der Waals surface area contributed by atoms with Gasteiger partial charge in [-0.25, -0.2) is 4.39 Å². The molecule has 1 aliphatic rings. The minimum atomic E-state index is -0.143. The van der Waals surface area contributed by atoms with Gasteiger partial charge in [-0.05, 0) is 47.7 Å². The lowest BCUT2D eigenvalue weighted by atomic mass is 10.2. The highest BCUT2D eigenvalue weighted by molar-refractivity contribution is 14.1. The molecule has 4 heteroatoms. The zero-order valence-electron chi connectivity index (χ0n) is 8.54. The summed E-state index contributed by atoms with van der Waals surface area (Å²) in [5, 5.41) is 0. The zero-order valence-corrected chi connectivity index (χ0v) is 10.7. The Bertz CT molecular complexity index is 358. The van der Waals surface area contributed by atoms with E-state index >= 15 is 0 Å². The van der Waals surface area contributed by atoms with Crippen LogP contribution in [0, 0.1) is 9.39 Å². The lowest BCUT2D eigenvalue weighted by molar-refractivity contribution is 0.0986. The van der Waals surface area contributed by atoms with Crippen molar-refractivity contribution in [3.63, 3.8) is 0 Å². The third-order valence-corrected chi connectivity index (χ3v) is 3.26. The van der Waals surface area contributed by atoms with E-state index in [-0.39, 0.29) is 11.9 Å². The van der Waals surface area contributed by atoms with Gasteiger partial charge in [-0.1, -0.05) is 0 Å². The number of ether oxygens (including phenoxy) is 1. The Labute approximate surface area is 103 Å². The molecule has 0 radical (unpaired) electrons. The highest BCUT2D eigenvalue weighted by Crippen LogP contribution is 2.24.